The lowest BCUT2D eigenvalue weighted by Gasteiger charge is -2.27. The molecule has 1 N–H and O–H groups in total. The second kappa shape index (κ2) is 6.50. The van der Waals surface area contributed by atoms with Gasteiger partial charge in [0.05, 0.1) is 17.5 Å². The Kier molecular flexibility index (Phi) is 4.19. The largest absolute Gasteiger partial charge is 0.461 e. The van der Waals surface area contributed by atoms with Crippen LogP contribution in [0, 0.1) is 6.92 Å². The van der Waals surface area contributed by atoms with Crippen molar-refractivity contribution in [1.82, 2.24) is 14.9 Å². The van der Waals surface area contributed by atoms with E-state index < -0.39 is 0 Å². The summed E-state index contributed by atoms with van der Waals surface area (Å²) in [5.74, 6) is 1.07. The third-order valence-electron chi connectivity index (χ3n) is 4.54. The summed E-state index contributed by atoms with van der Waals surface area (Å²) in [4.78, 5) is 22.2. The first-order chi connectivity index (χ1) is 12.1. The fourth-order valence-electron chi connectivity index (χ4n) is 3.14. The maximum absolute atomic E-state index is 12.5. The van der Waals surface area contributed by atoms with Gasteiger partial charge in [-0.3, -0.25) is 9.69 Å². The number of furan rings is 1. The van der Waals surface area contributed by atoms with Gasteiger partial charge in [-0.1, -0.05) is 23.7 Å². The predicted octanol–water partition coefficient (Wildman–Crippen LogP) is 3.55. The van der Waals surface area contributed by atoms with Crippen LogP contribution in [-0.4, -0.2) is 21.4 Å². The molecule has 0 spiro atoms. The Labute approximate surface area is 150 Å². The number of fused-ring (bicyclic) bond motifs is 1. The van der Waals surface area contributed by atoms with Gasteiger partial charge in [0, 0.05) is 31.1 Å². The quantitative estimate of drug-likeness (QED) is 0.780. The molecule has 2 aromatic heterocycles. The fourth-order valence-corrected chi connectivity index (χ4v) is 3.34. The van der Waals surface area contributed by atoms with Crippen molar-refractivity contribution in [2.24, 2.45) is 0 Å². The SMILES string of the molecule is Cc1ccc(CN2CCc3nc(-c4ccco4)[nH]c(=O)c3C2)cc1Cl. The Balaban J connectivity index is 1.57. The molecule has 0 unspecified atom stereocenters. The van der Waals surface area contributed by atoms with E-state index in [0.29, 0.717) is 18.1 Å². The lowest BCUT2D eigenvalue weighted by atomic mass is 10.1. The summed E-state index contributed by atoms with van der Waals surface area (Å²) < 4.78 is 5.33. The summed E-state index contributed by atoms with van der Waals surface area (Å²) in [5.41, 5.74) is 3.72. The number of halogens is 1. The average Bonchev–Trinajstić information content (AvgIpc) is 3.13. The molecule has 0 fully saturated rings. The molecule has 6 heteroatoms. The second-order valence-corrected chi connectivity index (χ2v) is 6.77. The highest BCUT2D eigenvalue weighted by Gasteiger charge is 2.22. The molecule has 0 atom stereocenters. The zero-order chi connectivity index (χ0) is 17.4. The molecular formula is C19H18ClN3O2. The molecule has 1 aliphatic rings. The summed E-state index contributed by atoms with van der Waals surface area (Å²) in [6.07, 6.45) is 2.32. The maximum Gasteiger partial charge on any atom is 0.256 e. The average molecular weight is 356 g/mol. The molecular weight excluding hydrogens is 338 g/mol. The zero-order valence-corrected chi connectivity index (χ0v) is 14.6. The van der Waals surface area contributed by atoms with Gasteiger partial charge in [-0.25, -0.2) is 4.98 Å². The van der Waals surface area contributed by atoms with Crippen LogP contribution in [0.25, 0.3) is 11.6 Å². The minimum Gasteiger partial charge on any atom is -0.461 e. The van der Waals surface area contributed by atoms with Crippen LogP contribution in [0.1, 0.15) is 22.4 Å². The van der Waals surface area contributed by atoms with E-state index in [2.05, 4.69) is 20.9 Å². The number of aryl methyl sites for hydroxylation is 1. The Morgan fingerprint density at radius 1 is 1.36 bits per heavy atom. The molecule has 0 saturated heterocycles. The van der Waals surface area contributed by atoms with Gasteiger partial charge in [0.25, 0.3) is 5.56 Å². The van der Waals surface area contributed by atoms with Gasteiger partial charge < -0.3 is 9.40 Å². The maximum atomic E-state index is 12.5. The first-order valence-electron chi connectivity index (χ1n) is 8.23. The monoisotopic (exact) mass is 355 g/mol. The first-order valence-corrected chi connectivity index (χ1v) is 8.61. The normalized spacial score (nSPS) is 14.5. The molecule has 1 aliphatic heterocycles. The van der Waals surface area contributed by atoms with Crippen LogP contribution >= 0.6 is 11.6 Å². The number of aromatic amines is 1. The molecule has 0 radical (unpaired) electrons. The highest BCUT2D eigenvalue weighted by atomic mass is 35.5. The number of nitrogens with zero attached hydrogens (tertiary/aromatic N) is 2. The topological polar surface area (TPSA) is 62.1 Å². The van der Waals surface area contributed by atoms with Crippen LogP contribution in [0.3, 0.4) is 0 Å². The van der Waals surface area contributed by atoms with E-state index in [0.717, 1.165) is 46.9 Å². The predicted molar refractivity (Wildman–Crippen MR) is 96.6 cm³/mol. The number of nitrogens with one attached hydrogen (secondary N) is 1. The van der Waals surface area contributed by atoms with E-state index in [9.17, 15) is 4.79 Å². The Morgan fingerprint density at radius 3 is 3.00 bits per heavy atom. The number of H-pyrrole nitrogens is 1. The Bertz CT molecular complexity index is 963. The molecule has 0 aliphatic carbocycles. The summed E-state index contributed by atoms with van der Waals surface area (Å²) >= 11 is 6.21. The standard InChI is InChI=1S/C19H18ClN3O2/c1-12-4-5-13(9-15(12)20)10-23-7-6-16-14(11-23)19(24)22-18(21-16)17-3-2-8-25-17/h2-5,8-9H,6-7,10-11H2,1H3,(H,21,22,24). The van der Waals surface area contributed by atoms with Crippen molar-refractivity contribution < 1.29 is 4.42 Å². The van der Waals surface area contributed by atoms with E-state index in [-0.39, 0.29) is 5.56 Å². The summed E-state index contributed by atoms with van der Waals surface area (Å²) in [6, 6.07) is 9.68. The summed E-state index contributed by atoms with van der Waals surface area (Å²) in [6.45, 7) is 4.19. The molecule has 4 rings (SSSR count). The van der Waals surface area contributed by atoms with Gasteiger partial charge in [0.2, 0.25) is 0 Å². The highest BCUT2D eigenvalue weighted by Crippen LogP contribution is 2.22. The minimum atomic E-state index is -0.0944. The summed E-state index contributed by atoms with van der Waals surface area (Å²) in [5, 5.41) is 0.775. The third-order valence-corrected chi connectivity index (χ3v) is 4.95. The molecule has 3 aromatic rings. The molecule has 0 bridgehead atoms. The van der Waals surface area contributed by atoms with Crippen LogP contribution in [0.5, 0.6) is 0 Å². The lowest BCUT2D eigenvalue weighted by molar-refractivity contribution is 0.242. The fraction of sp³-hybridized carbons (Fsp3) is 0.263. The first kappa shape index (κ1) is 16.1. The highest BCUT2D eigenvalue weighted by molar-refractivity contribution is 6.31. The van der Waals surface area contributed by atoms with Gasteiger partial charge in [-0.05, 0) is 36.2 Å². The molecule has 0 amide bonds. The van der Waals surface area contributed by atoms with E-state index in [4.69, 9.17) is 16.0 Å². The zero-order valence-electron chi connectivity index (χ0n) is 13.9. The smallest absolute Gasteiger partial charge is 0.256 e. The number of benzene rings is 1. The van der Waals surface area contributed by atoms with Crippen molar-refractivity contribution in [1.29, 1.82) is 0 Å². The molecule has 128 valence electrons. The second-order valence-electron chi connectivity index (χ2n) is 6.36. The van der Waals surface area contributed by atoms with E-state index >= 15 is 0 Å². The van der Waals surface area contributed by atoms with Crippen LogP contribution in [0.15, 0.2) is 45.8 Å². The molecule has 0 saturated carbocycles. The lowest BCUT2D eigenvalue weighted by Crippen LogP contribution is -2.35. The van der Waals surface area contributed by atoms with Crippen LogP contribution < -0.4 is 5.56 Å². The molecule has 25 heavy (non-hydrogen) atoms. The Hall–Kier alpha value is -2.37. The van der Waals surface area contributed by atoms with Crippen molar-refractivity contribution >= 4 is 11.6 Å². The van der Waals surface area contributed by atoms with Gasteiger partial charge in [-0.2, -0.15) is 0 Å². The summed E-state index contributed by atoms with van der Waals surface area (Å²) in [7, 11) is 0. The number of hydrogen-bond acceptors (Lipinski definition) is 4. The van der Waals surface area contributed by atoms with Crippen LogP contribution in [-0.2, 0) is 19.5 Å². The number of rotatable bonds is 3. The van der Waals surface area contributed by atoms with Crippen molar-refractivity contribution in [2.45, 2.75) is 26.4 Å². The minimum absolute atomic E-state index is 0.0944. The van der Waals surface area contributed by atoms with E-state index in [1.165, 1.54) is 0 Å². The van der Waals surface area contributed by atoms with Gasteiger partial charge in [-0.15, -0.1) is 0 Å². The third kappa shape index (κ3) is 3.25. The van der Waals surface area contributed by atoms with E-state index in [1.807, 2.05) is 19.1 Å². The van der Waals surface area contributed by atoms with Crippen molar-refractivity contribution in [3.63, 3.8) is 0 Å². The molecule has 3 heterocycles. The van der Waals surface area contributed by atoms with Crippen molar-refractivity contribution in [2.75, 3.05) is 6.54 Å². The van der Waals surface area contributed by atoms with Crippen LogP contribution in [0.4, 0.5) is 0 Å². The van der Waals surface area contributed by atoms with Crippen LogP contribution in [0.2, 0.25) is 5.02 Å². The van der Waals surface area contributed by atoms with E-state index in [1.54, 1.807) is 18.4 Å². The van der Waals surface area contributed by atoms with Gasteiger partial charge >= 0.3 is 0 Å². The molecule has 5 nitrogen and oxygen atoms in total. The number of hydrogen-bond donors (Lipinski definition) is 1. The van der Waals surface area contributed by atoms with Crippen molar-refractivity contribution in [3.8, 4) is 11.6 Å². The Morgan fingerprint density at radius 2 is 2.24 bits per heavy atom. The van der Waals surface area contributed by atoms with Gasteiger partial charge in [0.1, 0.15) is 0 Å². The van der Waals surface area contributed by atoms with Gasteiger partial charge in [0.15, 0.2) is 11.6 Å². The number of aromatic nitrogens is 2. The van der Waals surface area contributed by atoms with Crippen molar-refractivity contribution in [3.05, 3.63) is 74.4 Å². The molecule has 1 aromatic carbocycles.